The van der Waals surface area contributed by atoms with Crippen LogP contribution in [0, 0.1) is 20.8 Å². The first-order chi connectivity index (χ1) is 11.4. The summed E-state index contributed by atoms with van der Waals surface area (Å²) >= 11 is 7.60. The molecule has 0 spiro atoms. The second-order valence-electron chi connectivity index (χ2n) is 5.96. The third-order valence-electron chi connectivity index (χ3n) is 4.20. The summed E-state index contributed by atoms with van der Waals surface area (Å²) < 4.78 is 1.65. The van der Waals surface area contributed by atoms with E-state index in [-0.39, 0.29) is 23.9 Å². The van der Waals surface area contributed by atoms with Crippen molar-refractivity contribution in [1.82, 2.24) is 9.55 Å². The highest BCUT2D eigenvalue weighted by atomic mass is 35.5. The largest absolute Gasteiger partial charge is 0.326 e. The van der Waals surface area contributed by atoms with Crippen molar-refractivity contribution in [2.75, 3.05) is 11.1 Å². The number of nitrogens with zero attached hydrogens (tertiary/aromatic N) is 2. The molecule has 2 heterocycles. The van der Waals surface area contributed by atoms with Crippen molar-refractivity contribution in [1.29, 1.82) is 0 Å². The van der Waals surface area contributed by atoms with Crippen molar-refractivity contribution < 1.29 is 4.79 Å². The fraction of sp³-hybridized carbons (Fsp3) is 0.353. The van der Waals surface area contributed by atoms with Gasteiger partial charge in [0.1, 0.15) is 0 Å². The van der Waals surface area contributed by atoms with Gasteiger partial charge in [-0.25, -0.2) is 4.98 Å². The molecule has 1 aromatic carbocycles. The van der Waals surface area contributed by atoms with Crippen LogP contribution in [0.3, 0.4) is 0 Å². The van der Waals surface area contributed by atoms with Gasteiger partial charge in [-0.3, -0.25) is 14.2 Å². The molecule has 2 aromatic rings. The Morgan fingerprint density at radius 3 is 2.88 bits per heavy atom. The van der Waals surface area contributed by atoms with Gasteiger partial charge in [0.05, 0.1) is 6.04 Å². The van der Waals surface area contributed by atoms with Crippen LogP contribution in [0.5, 0.6) is 0 Å². The van der Waals surface area contributed by atoms with E-state index in [0.717, 1.165) is 11.3 Å². The number of aryl methyl sites for hydroxylation is 2. The molecule has 0 bridgehead atoms. The van der Waals surface area contributed by atoms with Gasteiger partial charge in [0.2, 0.25) is 5.91 Å². The Labute approximate surface area is 149 Å². The fourth-order valence-electron chi connectivity index (χ4n) is 2.62. The van der Waals surface area contributed by atoms with Gasteiger partial charge >= 0.3 is 0 Å². The van der Waals surface area contributed by atoms with Crippen LogP contribution in [0.25, 0.3) is 0 Å². The molecule has 0 fully saturated rings. The molecule has 5 nitrogen and oxygen atoms in total. The molecule has 7 heteroatoms. The molecule has 1 unspecified atom stereocenters. The summed E-state index contributed by atoms with van der Waals surface area (Å²) in [5.41, 5.74) is 2.94. The molecule has 126 valence electrons. The third kappa shape index (κ3) is 3.21. The number of anilines is 1. The van der Waals surface area contributed by atoms with E-state index in [2.05, 4.69) is 10.3 Å². The first kappa shape index (κ1) is 17.0. The molecule has 1 aliphatic heterocycles. The molecular formula is C17H18ClN3O2S. The lowest BCUT2D eigenvalue weighted by molar-refractivity contribution is -0.116. The Morgan fingerprint density at radius 2 is 2.17 bits per heavy atom. The second-order valence-corrected chi connectivity index (χ2v) is 7.36. The first-order valence-corrected chi connectivity index (χ1v) is 9.01. The van der Waals surface area contributed by atoms with Crippen LogP contribution >= 0.6 is 23.4 Å². The van der Waals surface area contributed by atoms with Gasteiger partial charge in [0.25, 0.3) is 5.56 Å². The first-order valence-electron chi connectivity index (χ1n) is 7.65. The normalized spacial score (nSPS) is 16.1. The van der Waals surface area contributed by atoms with E-state index < -0.39 is 0 Å². The van der Waals surface area contributed by atoms with Gasteiger partial charge in [0.15, 0.2) is 5.16 Å². The molecule has 1 aromatic heterocycles. The Hall–Kier alpha value is -1.79. The lowest BCUT2D eigenvalue weighted by Crippen LogP contribution is -2.29. The smallest absolute Gasteiger partial charge is 0.257 e. The number of nitrogens with one attached hydrogen (secondary N) is 1. The van der Waals surface area contributed by atoms with Gasteiger partial charge in [0, 0.05) is 34.1 Å². The number of halogens is 1. The minimum Gasteiger partial charge on any atom is -0.326 e. The van der Waals surface area contributed by atoms with E-state index in [0.29, 0.717) is 27.2 Å². The van der Waals surface area contributed by atoms with Crippen molar-refractivity contribution >= 4 is 35.0 Å². The number of thioether (sulfide) groups is 1. The molecule has 1 atom stereocenters. The predicted molar refractivity (Wildman–Crippen MR) is 97.2 cm³/mol. The number of aromatic nitrogens is 2. The number of carbonyl (C=O) groups is 1. The van der Waals surface area contributed by atoms with Crippen molar-refractivity contribution in [2.24, 2.45) is 0 Å². The van der Waals surface area contributed by atoms with Gasteiger partial charge in [-0.1, -0.05) is 29.4 Å². The van der Waals surface area contributed by atoms with Gasteiger partial charge in [-0.15, -0.1) is 0 Å². The van der Waals surface area contributed by atoms with Crippen molar-refractivity contribution in [3.63, 3.8) is 0 Å². The summed E-state index contributed by atoms with van der Waals surface area (Å²) in [7, 11) is 0. The summed E-state index contributed by atoms with van der Waals surface area (Å²) in [6.45, 7) is 5.51. The quantitative estimate of drug-likeness (QED) is 0.848. The van der Waals surface area contributed by atoms with Crippen molar-refractivity contribution in [2.45, 2.75) is 38.4 Å². The lowest BCUT2D eigenvalue weighted by atomic mass is 10.2. The summed E-state index contributed by atoms with van der Waals surface area (Å²) in [6.07, 6.45) is 0.232. The lowest BCUT2D eigenvalue weighted by Gasteiger charge is -2.14. The van der Waals surface area contributed by atoms with Crippen LogP contribution in [-0.4, -0.2) is 21.2 Å². The average molecular weight is 364 g/mol. The molecule has 1 amide bonds. The number of rotatable bonds is 3. The minimum absolute atomic E-state index is 0.0568. The van der Waals surface area contributed by atoms with Gasteiger partial charge < -0.3 is 5.32 Å². The van der Waals surface area contributed by atoms with Crippen molar-refractivity contribution in [3.05, 3.63) is 50.4 Å². The van der Waals surface area contributed by atoms with Crippen LogP contribution in [0.1, 0.15) is 29.3 Å². The molecule has 1 aliphatic rings. The molecule has 1 N–H and O–H groups in total. The maximum atomic E-state index is 12.5. The van der Waals surface area contributed by atoms with E-state index in [1.54, 1.807) is 17.6 Å². The maximum Gasteiger partial charge on any atom is 0.257 e. The topological polar surface area (TPSA) is 64.0 Å². The zero-order valence-electron chi connectivity index (χ0n) is 13.7. The highest BCUT2D eigenvalue weighted by Crippen LogP contribution is 2.32. The van der Waals surface area contributed by atoms with Crippen LogP contribution in [0.15, 0.2) is 28.2 Å². The Morgan fingerprint density at radius 1 is 1.42 bits per heavy atom. The maximum absolute atomic E-state index is 12.5. The SMILES string of the molecule is Cc1ccc(NC(=O)CC2CSc3nc(C)c(C)c(=O)n32)cc1Cl. The molecular weight excluding hydrogens is 346 g/mol. The zero-order valence-corrected chi connectivity index (χ0v) is 15.3. The Bertz CT molecular complexity index is 879. The summed E-state index contributed by atoms with van der Waals surface area (Å²) in [6, 6.07) is 5.23. The predicted octanol–water partition coefficient (Wildman–Crippen LogP) is 3.50. The standard InChI is InChI=1S/C17H18ClN3O2S/c1-9-4-5-12(6-14(9)18)20-15(22)7-13-8-24-17-19-11(3)10(2)16(23)21(13)17/h4-6,13H,7-8H2,1-3H3,(H,20,22). The monoisotopic (exact) mass is 363 g/mol. The van der Waals surface area contributed by atoms with E-state index >= 15 is 0 Å². The number of amides is 1. The zero-order chi connectivity index (χ0) is 17.4. The summed E-state index contributed by atoms with van der Waals surface area (Å²) in [5, 5.41) is 4.15. The van der Waals surface area contributed by atoms with Crippen LogP contribution < -0.4 is 10.9 Å². The molecule has 0 radical (unpaired) electrons. The van der Waals surface area contributed by atoms with Gasteiger partial charge in [-0.05, 0) is 38.5 Å². The van der Waals surface area contributed by atoms with E-state index in [1.165, 1.54) is 11.8 Å². The number of carbonyl (C=O) groups excluding carboxylic acids is 1. The van der Waals surface area contributed by atoms with E-state index in [4.69, 9.17) is 11.6 Å². The van der Waals surface area contributed by atoms with Gasteiger partial charge in [-0.2, -0.15) is 0 Å². The van der Waals surface area contributed by atoms with Crippen LogP contribution in [-0.2, 0) is 4.79 Å². The second kappa shape index (κ2) is 6.61. The fourth-order valence-corrected chi connectivity index (χ4v) is 3.98. The molecule has 0 aliphatic carbocycles. The molecule has 0 saturated carbocycles. The Kier molecular flexibility index (Phi) is 4.69. The van der Waals surface area contributed by atoms with Crippen molar-refractivity contribution in [3.8, 4) is 0 Å². The number of benzene rings is 1. The van der Waals surface area contributed by atoms with E-state index in [1.807, 2.05) is 26.0 Å². The molecule has 3 rings (SSSR count). The third-order valence-corrected chi connectivity index (χ3v) is 5.70. The highest BCUT2D eigenvalue weighted by Gasteiger charge is 2.28. The van der Waals surface area contributed by atoms with E-state index in [9.17, 15) is 9.59 Å². The van der Waals surface area contributed by atoms with Crippen LogP contribution in [0.4, 0.5) is 5.69 Å². The Balaban J connectivity index is 1.77. The van der Waals surface area contributed by atoms with Crippen LogP contribution in [0.2, 0.25) is 5.02 Å². The number of hydrogen-bond acceptors (Lipinski definition) is 4. The minimum atomic E-state index is -0.176. The number of hydrogen-bond donors (Lipinski definition) is 1. The summed E-state index contributed by atoms with van der Waals surface area (Å²) in [5.74, 6) is 0.534. The number of fused-ring (bicyclic) bond motifs is 1. The molecule has 24 heavy (non-hydrogen) atoms. The average Bonchev–Trinajstić information content (AvgIpc) is 2.91. The molecule has 0 saturated heterocycles. The highest BCUT2D eigenvalue weighted by molar-refractivity contribution is 7.99. The summed E-state index contributed by atoms with van der Waals surface area (Å²) in [4.78, 5) is 29.3.